The van der Waals surface area contributed by atoms with Crippen molar-refractivity contribution >= 4 is 29.5 Å². The second-order valence-electron chi connectivity index (χ2n) is 6.67. The second kappa shape index (κ2) is 8.25. The number of benzene rings is 2. The van der Waals surface area contributed by atoms with Gasteiger partial charge in [-0.05, 0) is 48.6 Å². The van der Waals surface area contributed by atoms with Crippen LogP contribution in [0.1, 0.15) is 5.82 Å². The Morgan fingerprint density at radius 2 is 1.63 bits per heavy atom. The van der Waals surface area contributed by atoms with Gasteiger partial charge in [-0.3, -0.25) is 14.6 Å². The Morgan fingerprint density at radius 1 is 0.926 bits per heavy atom. The number of anilines is 1. The second-order valence-corrected chi connectivity index (χ2v) is 7.49. The van der Waals surface area contributed by atoms with Gasteiger partial charge in [0.05, 0.1) is 0 Å². The van der Waals surface area contributed by atoms with Crippen molar-refractivity contribution in [2.45, 2.75) is 6.42 Å². The third-order valence-corrected chi connectivity index (χ3v) is 5.50. The molecule has 0 radical (unpaired) electrons. The smallest absolute Gasteiger partial charge is 0.199 e. The van der Waals surface area contributed by atoms with Crippen LogP contribution in [0.5, 0.6) is 0 Å². The quantitative estimate of drug-likeness (QED) is 0.659. The molecule has 0 aliphatic carbocycles. The first-order chi connectivity index (χ1) is 13.2. The molecule has 1 N–H and O–H groups in total. The Bertz CT molecular complexity index is 927. The number of halogens is 1. The van der Waals surface area contributed by atoms with Crippen LogP contribution in [-0.4, -0.2) is 52.4 Å². The summed E-state index contributed by atoms with van der Waals surface area (Å²) in [6.07, 6.45) is 0.864. The van der Waals surface area contributed by atoms with Gasteiger partial charge in [-0.2, -0.15) is 5.10 Å². The first kappa shape index (κ1) is 18.2. The molecule has 3 aromatic rings. The lowest BCUT2D eigenvalue weighted by Gasteiger charge is -2.36. The van der Waals surface area contributed by atoms with Crippen molar-refractivity contribution in [3.05, 3.63) is 70.2 Å². The van der Waals surface area contributed by atoms with Crippen LogP contribution in [0.2, 0.25) is 5.02 Å². The molecule has 0 amide bonds. The molecule has 27 heavy (non-hydrogen) atoms. The summed E-state index contributed by atoms with van der Waals surface area (Å²) in [6, 6.07) is 18.2. The van der Waals surface area contributed by atoms with Crippen molar-refractivity contribution in [3.63, 3.8) is 0 Å². The van der Waals surface area contributed by atoms with Gasteiger partial charge in [0.1, 0.15) is 5.82 Å². The van der Waals surface area contributed by atoms with Gasteiger partial charge in [-0.25, -0.2) is 0 Å². The number of nitrogens with zero attached hydrogens (tertiary/aromatic N) is 4. The van der Waals surface area contributed by atoms with Crippen LogP contribution in [0.4, 0.5) is 5.69 Å². The molecule has 140 valence electrons. The molecule has 0 atom stereocenters. The van der Waals surface area contributed by atoms with Crippen molar-refractivity contribution < 1.29 is 0 Å². The number of hydrogen-bond donors (Lipinski definition) is 1. The predicted molar refractivity (Wildman–Crippen MR) is 113 cm³/mol. The van der Waals surface area contributed by atoms with Crippen LogP contribution in [0.25, 0.3) is 5.69 Å². The van der Waals surface area contributed by atoms with Gasteiger partial charge >= 0.3 is 0 Å². The number of para-hydroxylation sites is 1. The number of rotatable bonds is 5. The van der Waals surface area contributed by atoms with E-state index in [1.807, 2.05) is 34.9 Å². The topological polar surface area (TPSA) is 40.1 Å². The van der Waals surface area contributed by atoms with Crippen LogP contribution < -0.4 is 4.90 Å². The fraction of sp³-hybridized carbons (Fsp3) is 0.300. The molecular weight excluding hydrogens is 378 g/mol. The molecule has 1 saturated heterocycles. The highest BCUT2D eigenvalue weighted by Gasteiger charge is 2.18. The maximum Gasteiger partial charge on any atom is 0.199 e. The minimum Gasteiger partial charge on any atom is -0.369 e. The molecule has 5 nitrogen and oxygen atoms in total. The summed E-state index contributed by atoms with van der Waals surface area (Å²) >= 11 is 11.4. The van der Waals surface area contributed by atoms with Gasteiger partial charge in [0.2, 0.25) is 0 Å². The van der Waals surface area contributed by atoms with Gasteiger partial charge in [0, 0.05) is 55.5 Å². The summed E-state index contributed by atoms with van der Waals surface area (Å²) in [5.74, 6) is 0.978. The number of nitrogens with one attached hydrogen (secondary N) is 1. The highest BCUT2D eigenvalue weighted by molar-refractivity contribution is 7.71. The maximum atomic E-state index is 5.99. The fourth-order valence-electron chi connectivity index (χ4n) is 3.48. The van der Waals surface area contributed by atoms with E-state index in [0.29, 0.717) is 4.77 Å². The molecule has 0 saturated carbocycles. The lowest BCUT2D eigenvalue weighted by Crippen LogP contribution is -2.47. The minimum atomic E-state index is 0.642. The Hall–Kier alpha value is -2.15. The summed E-state index contributed by atoms with van der Waals surface area (Å²) in [5.41, 5.74) is 2.29. The van der Waals surface area contributed by atoms with E-state index in [-0.39, 0.29) is 0 Å². The van der Waals surface area contributed by atoms with Gasteiger partial charge < -0.3 is 4.90 Å². The first-order valence-corrected chi connectivity index (χ1v) is 9.94. The van der Waals surface area contributed by atoms with E-state index in [1.165, 1.54) is 5.69 Å². The summed E-state index contributed by atoms with van der Waals surface area (Å²) in [6.45, 7) is 5.10. The zero-order valence-electron chi connectivity index (χ0n) is 15.0. The molecule has 7 heteroatoms. The normalized spacial score (nSPS) is 15.2. The monoisotopic (exact) mass is 399 g/mol. The van der Waals surface area contributed by atoms with E-state index >= 15 is 0 Å². The molecular formula is C20H22ClN5S. The molecule has 1 fully saturated rings. The van der Waals surface area contributed by atoms with E-state index in [1.54, 1.807) is 0 Å². The zero-order valence-corrected chi connectivity index (χ0v) is 16.6. The highest BCUT2D eigenvalue weighted by atomic mass is 35.5. The molecule has 0 unspecified atom stereocenters. The van der Waals surface area contributed by atoms with Crippen molar-refractivity contribution in [2.24, 2.45) is 0 Å². The fourth-order valence-corrected chi connectivity index (χ4v) is 3.86. The van der Waals surface area contributed by atoms with E-state index in [9.17, 15) is 0 Å². The number of aromatic nitrogens is 3. The molecule has 2 heterocycles. The third kappa shape index (κ3) is 4.24. The van der Waals surface area contributed by atoms with Gasteiger partial charge in [-0.15, -0.1) is 0 Å². The molecule has 0 spiro atoms. The van der Waals surface area contributed by atoms with Gasteiger partial charge in [0.15, 0.2) is 4.77 Å². The zero-order chi connectivity index (χ0) is 18.6. The lowest BCUT2D eigenvalue weighted by molar-refractivity contribution is 0.259. The van der Waals surface area contributed by atoms with Crippen molar-refractivity contribution in [3.8, 4) is 5.69 Å². The van der Waals surface area contributed by atoms with Crippen molar-refractivity contribution in [2.75, 3.05) is 37.6 Å². The molecule has 1 aliphatic rings. The average Bonchev–Trinajstić information content (AvgIpc) is 3.08. The van der Waals surface area contributed by atoms with E-state index in [4.69, 9.17) is 23.8 Å². The Labute approximate surface area is 169 Å². The van der Waals surface area contributed by atoms with E-state index < -0.39 is 0 Å². The van der Waals surface area contributed by atoms with E-state index in [0.717, 1.165) is 55.7 Å². The Balaban J connectivity index is 1.36. The maximum absolute atomic E-state index is 5.99. The number of piperazine rings is 1. The van der Waals surface area contributed by atoms with Gasteiger partial charge in [-0.1, -0.05) is 29.8 Å². The lowest BCUT2D eigenvalue weighted by atomic mass is 10.2. The first-order valence-electron chi connectivity index (χ1n) is 9.15. The summed E-state index contributed by atoms with van der Waals surface area (Å²) in [7, 11) is 0. The van der Waals surface area contributed by atoms with Gasteiger partial charge in [0.25, 0.3) is 0 Å². The number of H-pyrrole nitrogens is 1. The van der Waals surface area contributed by atoms with E-state index in [2.05, 4.69) is 44.3 Å². The average molecular weight is 400 g/mol. The van der Waals surface area contributed by atoms with Crippen molar-refractivity contribution in [1.29, 1.82) is 0 Å². The SMILES string of the molecule is S=c1[nH]nc(CCN2CCN(c3ccc(Cl)cc3)CC2)n1-c1ccccc1. The standard InChI is InChI=1S/C20H22ClN5S/c21-16-6-8-17(9-7-16)25-14-12-24(13-15-25)11-10-19-22-23-20(27)26(19)18-4-2-1-3-5-18/h1-9H,10-15H2,(H,23,27). The highest BCUT2D eigenvalue weighted by Crippen LogP contribution is 2.19. The van der Waals surface area contributed by atoms with Crippen LogP contribution in [0.15, 0.2) is 54.6 Å². The Kier molecular flexibility index (Phi) is 5.57. The molecule has 1 aliphatic heterocycles. The van der Waals surface area contributed by atoms with Crippen molar-refractivity contribution in [1.82, 2.24) is 19.7 Å². The third-order valence-electron chi connectivity index (χ3n) is 4.97. The molecule has 1 aromatic heterocycles. The summed E-state index contributed by atoms with van der Waals surface area (Å²) < 4.78 is 2.67. The molecule has 4 rings (SSSR count). The van der Waals surface area contributed by atoms with Crippen LogP contribution in [-0.2, 0) is 6.42 Å². The summed E-state index contributed by atoms with van der Waals surface area (Å²) in [4.78, 5) is 4.90. The summed E-state index contributed by atoms with van der Waals surface area (Å²) in [5, 5.41) is 8.16. The predicted octanol–water partition coefficient (Wildman–Crippen LogP) is 3.95. The largest absolute Gasteiger partial charge is 0.369 e. The Morgan fingerprint density at radius 3 is 2.33 bits per heavy atom. The minimum absolute atomic E-state index is 0.642. The van der Waals surface area contributed by atoms with Crippen LogP contribution in [0, 0.1) is 4.77 Å². The number of hydrogen-bond acceptors (Lipinski definition) is 4. The van der Waals surface area contributed by atoms with Crippen LogP contribution >= 0.6 is 23.8 Å². The molecule has 2 aromatic carbocycles. The van der Waals surface area contributed by atoms with Crippen LogP contribution in [0.3, 0.4) is 0 Å². The number of aromatic amines is 1. The molecule has 0 bridgehead atoms.